The number of hydrogen-bond acceptors (Lipinski definition) is 3. The summed E-state index contributed by atoms with van der Waals surface area (Å²) in [5.74, 6) is 0.323. The number of nitrogens with one attached hydrogen (secondary N) is 1. The molecular weight excluding hydrogens is 299 g/mol. The second-order valence-electron chi connectivity index (χ2n) is 3.68. The highest BCUT2D eigenvalue weighted by molar-refractivity contribution is 9.10. The fourth-order valence-corrected chi connectivity index (χ4v) is 2.10. The molecule has 2 aromatic carbocycles. The van der Waals surface area contributed by atoms with E-state index in [-0.39, 0.29) is 11.5 Å². The predicted octanol–water partition coefficient (Wildman–Crippen LogP) is 3.92. The van der Waals surface area contributed by atoms with Crippen LogP contribution in [0.15, 0.2) is 40.9 Å². The van der Waals surface area contributed by atoms with Crippen LogP contribution in [0.25, 0.3) is 0 Å². The molecule has 0 radical (unpaired) electrons. The van der Waals surface area contributed by atoms with Crippen LogP contribution < -0.4 is 15.8 Å². The molecule has 0 aromatic heterocycles. The molecule has 0 fully saturated rings. The van der Waals surface area contributed by atoms with Gasteiger partial charge in [-0.2, -0.15) is 0 Å². The van der Waals surface area contributed by atoms with E-state index in [4.69, 9.17) is 10.5 Å². The fourth-order valence-electron chi connectivity index (χ4n) is 1.56. The van der Waals surface area contributed by atoms with Gasteiger partial charge in [0.1, 0.15) is 11.6 Å². The van der Waals surface area contributed by atoms with E-state index < -0.39 is 0 Å². The maximum absolute atomic E-state index is 13.6. The molecule has 0 amide bonds. The highest BCUT2D eigenvalue weighted by Crippen LogP contribution is 2.31. The Hall–Kier alpha value is -1.75. The molecule has 0 aliphatic rings. The summed E-state index contributed by atoms with van der Waals surface area (Å²) in [5, 5.41) is 2.95. The highest BCUT2D eigenvalue weighted by atomic mass is 79.9. The molecule has 0 heterocycles. The van der Waals surface area contributed by atoms with Crippen molar-refractivity contribution in [3.05, 3.63) is 46.7 Å². The summed E-state index contributed by atoms with van der Waals surface area (Å²) in [6, 6.07) is 9.94. The van der Waals surface area contributed by atoms with Gasteiger partial charge >= 0.3 is 0 Å². The molecule has 0 aliphatic carbocycles. The Labute approximate surface area is 113 Å². The van der Waals surface area contributed by atoms with E-state index in [2.05, 4.69) is 21.2 Å². The van der Waals surface area contributed by atoms with Crippen molar-refractivity contribution in [2.24, 2.45) is 0 Å². The van der Waals surface area contributed by atoms with Crippen molar-refractivity contribution >= 4 is 33.0 Å². The lowest BCUT2D eigenvalue weighted by Gasteiger charge is -2.11. The first-order valence-electron chi connectivity index (χ1n) is 5.26. The van der Waals surface area contributed by atoms with Crippen LogP contribution >= 0.6 is 15.9 Å². The molecule has 3 N–H and O–H groups in total. The summed E-state index contributed by atoms with van der Waals surface area (Å²) in [6.45, 7) is 0. The van der Waals surface area contributed by atoms with Crippen molar-refractivity contribution < 1.29 is 9.13 Å². The van der Waals surface area contributed by atoms with Crippen LogP contribution in [0.4, 0.5) is 21.5 Å². The Morgan fingerprint density at radius 1 is 1.28 bits per heavy atom. The van der Waals surface area contributed by atoms with Gasteiger partial charge in [-0.3, -0.25) is 0 Å². The Balaban J connectivity index is 2.32. The van der Waals surface area contributed by atoms with E-state index in [1.54, 1.807) is 37.4 Å². The summed E-state index contributed by atoms with van der Waals surface area (Å²) >= 11 is 3.37. The molecule has 0 unspecified atom stereocenters. The third-order valence-corrected chi connectivity index (χ3v) is 3.09. The van der Waals surface area contributed by atoms with E-state index in [0.717, 1.165) is 10.2 Å². The van der Waals surface area contributed by atoms with Gasteiger partial charge in [0.25, 0.3) is 0 Å². The number of rotatable bonds is 3. The standard InChI is InChI=1S/C13H12BrFN2O/c1-18-12-6-5-8(7-9(12)14)17-13-10(15)3-2-4-11(13)16/h2-7,17H,16H2,1H3. The van der Waals surface area contributed by atoms with Crippen LogP contribution in [0, 0.1) is 5.82 Å². The first-order valence-corrected chi connectivity index (χ1v) is 6.05. The summed E-state index contributed by atoms with van der Waals surface area (Å²) in [6.07, 6.45) is 0. The zero-order chi connectivity index (χ0) is 13.1. The van der Waals surface area contributed by atoms with Gasteiger partial charge in [-0.25, -0.2) is 4.39 Å². The second kappa shape index (κ2) is 5.27. The van der Waals surface area contributed by atoms with E-state index in [0.29, 0.717) is 11.4 Å². The summed E-state index contributed by atoms with van der Waals surface area (Å²) in [4.78, 5) is 0. The third kappa shape index (κ3) is 2.56. The largest absolute Gasteiger partial charge is 0.496 e. The normalized spacial score (nSPS) is 10.2. The maximum Gasteiger partial charge on any atom is 0.148 e. The summed E-state index contributed by atoms with van der Waals surface area (Å²) in [7, 11) is 1.59. The molecule has 0 saturated carbocycles. The minimum Gasteiger partial charge on any atom is -0.496 e. The monoisotopic (exact) mass is 310 g/mol. The molecular formula is C13H12BrFN2O. The van der Waals surface area contributed by atoms with Crippen molar-refractivity contribution in [3.8, 4) is 5.75 Å². The number of para-hydroxylation sites is 1. The SMILES string of the molecule is COc1ccc(Nc2c(N)cccc2F)cc1Br. The van der Waals surface area contributed by atoms with Gasteiger partial charge in [-0.1, -0.05) is 6.07 Å². The number of methoxy groups -OCH3 is 1. The molecule has 0 bridgehead atoms. The van der Waals surface area contributed by atoms with Crippen LogP contribution in [0.3, 0.4) is 0 Å². The Kier molecular flexibility index (Phi) is 3.72. The van der Waals surface area contributed by atoms with Gasteiger partial charge in [0.15, 0.2) is 0 Å². The van der Waals surface area contributed by atoms with Crippen LogP contribution in [0.2, 0.25) is 0 Å². The average Bonchev–Trinajstić information content (AvgIpc) is 2.34. The maximum atomic E-state index is 13.6. The number of hydrogen-bond donors (Lipinski definition) is 2. The minimum atomic E-state index is -0.387. The molecule has 94 valence electrons. The number of ether oxygens (including phenoxy) is 1. The summed E-state index contributed by atoms with van der Waals surface area (Å²) < 4.78 is 19.5. The van der Waals surface area contributed by atoms with E-state index in [9.17, 15) is 4.39 Å². The van der Waals surface area contributed by atoms with Gasteiger partial charge in [-0.05, 0) is 46.3 Å². The molecule has 0 saturated heterocycles. The molecule has 18 heavy (non-hydrogen) atoms. The molecule has 2 rings (SSSR count). The van der Waals surface area contributed by atoms with E-state index >= 15 is 0 Å². The van der Waals surface area contributed by atoms with Crippen molar-refractivity contribution in [2.45, 2.75) is 0 Å². The van der Waals surface area contributed by atoms with Gasteiger partial charge in [-0.15, -0.1) is 0 Å². The van der Waals surface area contributed by atoms with E-state index in [1.165, 1.54) is 6.07 Å². The minimum absolute atomic E-state index is 0.273. The quantitative estimate of drug-likeness (QED) is 0.845. The van der Waals surface area contributed by atoms with Gasteiger partial charge in [0.2, 0.25) is 0 Å². The van der Waals surface area contributed by atoms with Crippen molar-refractivity contribution in [1.29, 1.82) is 0 Å². The van der Waals surface area contributed by atoms with Gasteiger partial charge in [0, 0.05) is 5.69 Å². The van der Waals surface area contributed by atoms with Crippen molar-refractivity contribution in [1.82, 2.24) is 0 Å². The van der Waals surface area contributed by atoms with Crippen LogP contribution in [0.1, 0.15) is 0 Å². The lowest BCUT2D eigenvalue weighted by atomic mass is 10.2. The number of benzene rings is 2. The number of nitrogen functional groups attached to an aromatic ring is 1. The van der Waals surface area contributed by atoms with Crippen LogP contribution in [0.5, 0.6) is 5.75 Å². The van der Waals surface area contributed by atoms with Gasteiger partial charge in [0.05, 0.1) is 23.0 Å². The smallest absolute Gasteiger partial charge is 0.148 e. The molecule has 0 spiro atoms. The Morgan fingerprint density at radius 3 is 2.67 bits per heavy atom. The van der Waals surface area contributed by atoms with E-state index in [1.807, 2.05) is 0 Å². The first-order chi connectivity index (χ1) is 8.61. The van der Waals surface area contributed by atoms with Gasteiger partial charge < -0.3 is 15.8 Å². The van der Waals surface area contributed by atoms with Crippen LogP contribution in [-0.4, -0.2) is 7.11 Å². The highest BCUT2D eigenvalue weighted by Gasteiger charge is 2.07. The lowest BCUT2D eigenvalue weighted by Crippen LogP contribution is -1.99. The zero-order valence-electron chi connectivity index (χ0n) is 9.71. The second-order valence-corrected chi connectivity index (χ2v) is 4.53. The van der Waals surface area contributed by atoms with Crippen molar-refractivity contribution in [2.75, 3.05) is 18.2 Å². The molecule has 5 heteroatoms. The Morgan fingerprint density at radius 2 is 2.06 bits per heavy atom. The van der Waals surface area contributed by atoms with Crippen molar-refractivity contribution in [3.63, 3.8) is 0 Å². The number of nitrogens with two attached hydrogens (primary N) is 1. The first kappa shape index (κ1) is 12.7. The Bertz CT molecular complexity index is 555. The number of anilines is 3. The van der Waals surface area contributed by atoms with Crippen LogP contribution in [-0.2, 0) is 0 Å². The lowest BCUT2D eigenvalue weighted by molar-refractivity contribution is 0.412. The molecule has 3 nitrogen and oxygen atoms in total. The molecule has 2 aromatic rings. The fraction of sp³-hybridized carbons (Fsp3) is 0.0769. The number of halogens is 2. The predicted molar refractivity (Wildman–Crippen MR) is 74.8 cm³/mol. The third-order valence-electron chi connectivity index (χ3n) is 2.47. The zero-order valence-corrected chi connectivity index (χ0v) is 11.3. The molecule has 0 atom stereocenters. The molecule has 0 aliphatic heterocycles. The summed E-state index contributed by atoms with van der Waals surface area (Å²) in [5.41, 5.74) is 7.08. The topological polar surface area (TPSA) is 47.3 Å². The average molecular weight is 311 g/mol.